The summed E-state index contributed by atoms with van der Waals surface area (Å²) in [5.74, 6) is 0.701. The second kappa shape index (κ2) is 8.61. The normalized spacial score (nSPS) is 11.8. The summed E-state index contributed by atoms with van der Waals surface area (Å²) in [5.41, 5.74) is 1.95. The maximum absolute atomic E-state index is 13.3. The molecule has 1 N–H and O–H groups in total. The van der Waals surface area contributed by atoms with Gasteiger partial charge >= 0.3 is 0 Å². The Morgan fingerprint density at radius 2 is 1.90 bits per heavy atom. The Bertz CT molecular complexity index is 1300. The first-order chi connectivity index (χ1) is 15.0. The number of nitrogens with zero attached hydrogens (tertiary/aromatic N) is 2. The van der Waals surface area contributed by atoms with Crippen molar-refractivity contribution in [2.45, 2.75) is 13.0 Å². The van der Waals surface area contributed by atoms with E-state index in [0.717, 1.165) is 11.1 Å². The van der Waals surface area contributed by atoms with Crippen LogP contribution in [0.1, 0.15) is 13.0 Å². The van der Waals surface area contributed by atoms with Crippen LogP contribution in [0.25, 0.3) is 21.3 Å². The first kappa shape index (κ1) is 20.6. The van der Waals surface area contributed by atoms with E-state index in [4.69, 9.17) is 9.47 Å². The van der Waals surface area contributed by atoms with Crippen LogP contribution in [0.3, 0.4) is 0 Å². The van der Waals surface area contributed by atoms with Crippen LogP contribution in [0.15, 0.2) is 65.0 Å². The van der Waals surface area contributed by atoms with Crippen LogP contribution in [0.4, 0.5) is 5.69 Å². The Balaban J connectivity index is 1.70. The van der Waals surface area contributed by atoms with Crippen LogP contribution in [-0.4, -0.2) is 29.7 Å². The van der Waals surface area contributed by atoms with Gasteiger partial charge in [0.2, 0.25) is 5.91 Å². The molecule has 158 valence electrons. The van der Waals surface area contributed by atoms with Crippen LogP contribution in [-0.2, 0) is 4.79 Å². The van der Waals surface area contributed by atoms with Gasteiger partial charge in [-0.05, 0) is 24.6 Å². The zero-order valence-corrected chi connectivity index (χ0v) is 18.1. The largest absolute Gasteiger partial charge is 0.497 e. The number of aromatic nitrogens is 2. The number of ether oxygens (including phenoxy) is 2. The molecule has 31 heavy (non-hydrogen) atoms. The Morgan fingerprint density at radius 3 is 2.61 bits per heavy atom. The van der Waals surface area contributed by atoms with Crippen molar-refractivity contribution in [3.05, 3.63) is 70.6 Å². The number of amides is 1. The molecule has 1 unspecified atom stereocenters. The summed E-state index contributed by atoms with van der Waals surface area (Å²) in [4.78, 5) is 31.3. The van der Waals surface area contributed by atoms with Crippen molar-refractivity contribution in [2.75, 3.05) is 19.5 Å². The summed E-state index contributed by atoms with van der Waals surface area (Å²) >= 11 is 1.41. The highest BCUT2D eigenvalue weighted by molar-refractivity contribution is 7.17. The molecule has 4 aromatic rings. The van der Waals surface area contributed by atoms with Gasteiger partial charge in [-0.1, -0.05) is 30.3 Å². The first-order valence-electron chi connectivity index (χ1n) is 9.60. The smallest absolute Gasteiger partial charge is 0.263 e. The van der Waals surface area contributed by atoms with Gasteiger partial charge in [-0.3, -0.25) is 14.2 Å². The van der Waals surface area contributed by atoms with Crippen LogP contribution >= 0.6 is 11.3 Å². The lowest BCUT2D eigenvalue weighted by Crippen LogP contribution is -2.31. The second-order valence-corrected chi connectivity index (χ2v) is 7.74. The Kier molecular flexibility index (Phi) is 5.73. The van der Waals surface area contributed by atoms with E-state index in [-0.39, 0.29) is 11.5 Å². The Labute approximate surface area is 182 Å². The molecule has 0 spiro atoms. The molecular weight excluding hydrogens is 414 g/mol. The van der Waals surface area contributed by atoms with Crippen LogP contribution in [0.2, 0.25) is 0 Å². The molecule has 2 heterocycles. The van der Waals surface area contributed by atoms with Gasteiger partial charge < -0.3 is 14.8 Å². The molecule has 2 aromatic heterocycles. The number of anilines is 1. The van der Waals surface area contributed by atoms with E-state index < -0.39 is 6.04 Å². The second-order valence-electron chi connectivity index (χ2n) is 6.88. The number of thiophene rings is 1. The van der Waals surface area contributed by atoms with Gasteiger partial charge in [0.15, 0.2) is 0 Å². The van der Waals surface area contributed by atoms with Gasteiger partial charge in [0.25, 0.3) is 5.56 Å². The predicted molar refractivity (Wildman–Crippen MR) is 122 cm³/mol. The van der Waals surface area contributed by atoms with E-state index in [1.165, 1.54) is 29.3 Å². The number of methoxy groups -OCH3 is 2. The van der Waals surface area contributed by atoms with Crippen LogP contribution < -0.4 is 20.3 Å². The van der Waals surface area contributed by atoms with Gasteiger partial charge in [0.05, 0.1) is 31.6 Å². The molecule has 7 nitrogen and oxygen atoms in total. The summed E-state index contributed by atoms with van der Waals surface area (Å²) in [6.45, 7) is 1.66. The highest BCUT2D eigenvalue weighted by Crippen LogP contribution is 2.31. The van der Waals surface area contributed by atoms with E-state index in [1.54, 1.807) is 32.2 Å². The first-order valence-corrected chi connectivity index (χ1v) is 10.5. The standard InChI is InChI=1S/C23H21N3O4S/c1-14(21(27)25-18-11-16(29-2)9-10-19(18)30-3)26-13-24-22-20(23(26)28)17(12-31-22)15-7-5-4-6-8-15/h4-14H,1-3H3,(H,25,27). The van der Waals surface area contributed by atoms with E-state index in [2.05, 4.69) is 10.3 Å². The van der Waals surface area contributed by atoms with E-state index >= 15 is 0 Å². The summed E-state index contributed by atoms with van der Waals surface area (Å²) < 4.78 is 11.9. The van der Waals surface area contributed by atoms with Crippen molar-refractivity contribution < 1.29 is 14.3 Å². The van der Waals surface area contributed by atoms with Crippen molar-refractivity contribution in [3.63, 3.8) is 0 Å². The SMILES string of the molecule is COc1ccc(OC)c(NC(=O)C(C)n2cnc3scc(-c4ccccc4)c3c2=O)c1. The average Bonchev–Trinajstić information content (AvgIpc) is 3.24. The van der Waals surface area contributed by atoms with E-state index in [1.807, 2.05) is 35.7 Å². The van der Waals surface area contributed by atoms with Gasteiger partial charge in [0.1, 0.15) is 22.4 Å². The minimum absolute atomic E-state index is 0.259. The van der Waals surface area contributed by atoms with Crippen LogP contribution in [0, 0.1) is 0 Å². The van der Waals surface area contributed by atoms with Crippen molar-refractivity contribution in [2.24, 2.45) is 0 Å². The molecular formula is C23H21N3O4S. The third kappa shape index (κ3) is 3.89. The fraction of sp³-hybridized carbons (Fsp3) is 0.174. The molecule has 1 amide bonds. The van der Waals surface area contributed by atoms with Crippen molar-refractivity contribution in [1.82, 2.24) is 9.55 Å². The van der Waals surface area contributed by atoms with Gasteiger partial charge in [-0.2, -0.15) is 0 Å². The Morgan fingerprint density at radius 1 is 1.13 bits per heavy atom. The minimum Gasteiger partial charge on any atom is -0.497 e. The molecule has 4 rings (SSSR count). The van der Waals surface area contributed by atoms with Crippen molar-refractivity contribution in [3.8, 4) is 22.6 Å². The molecule has 0 fully saturated rings. The fourth-order valence-electron chi connectivity index (χ4n) is 3.33. The lowest BCUT2D eigenvalue weighted by molar-refractivity contribution is -0.118. The molecule has 0 aliphatic rings. The molecule has 0 aliphatic heterocycles. The van der Waals surface area contributed by atoms with Crippen LogP contribution in [0.5, 0.6) is 11.5 Å². The molecule has 2 aromatic carbocycles. The molecule has 8 heteroatoms. The maximum Gasteiger partial charge on any atom is 0.263 e. The average molecular weight is 436 g/mol. The molecule has 0 bridgehead atoms. The van der Waals surface area contributed by atoms with Gasteiger partial charge in [-0.15, -0.1) is 11.3 Å². The summed E-state index contributed by atoms with van der Waals surface area (Å²) in [5, 5.41) is 5.25. The van der Waals surface area contributed by atoms with E-state index in [0.29, 0.717) is 27.4 Å². The lowest BCUT2D eigenvalue weighted by atomic mass is 10.1. The molecule has 1 atom stereocenters. The number of nitrogens with one attached hydrogen (secondary N) is 1. The van der Waals surface area contributed by atoms with Crippen molar-refractivity contribution >= 4 is 33.1 Å². The quantitative estimate of drug-likeness (QED) is 0.487. The number of rotatable bonds is 6. The molecule has 0 aliphatic carbocycles. The highest BCUT2D eigenvalue weighted by Gasteiger charge is 2.21. The van der Waals surface area contributed by atoms with Gasteiger partial charge in [0, 0.05) is 17.0 Å². The van der Waals surface area contributed by atoms with Crippen molar-refractivity contribution in [1.29, 1.82) is 0 Å². The number of carbonyl (C=O) groups excluding carboxylic acids is 1. The Hall–Kier alpha value is -3.65. The summed E-state index contributed by atoms with van der Waals surface area (Å²) in [6, 6.07) is 14.0. The third-order valence-corrected chi connectivity index (χ3v) is 5.95. The zero-order valence-electron chi connectivity index (χ0n) is 17.3. The zero-order chi connectivity index (χ0) is 22.0. The lowest BCUT2D eigenvalue weighted by Gasteiger charge is -2.17. The number of benzene rings is 2. The third-order valence-electron chi connectivity index (χ3n) is 5.07. The van der Waals surface area contributed by atoms with Gasteiger partial charge in [-0.25, -0.2) is 4.98 Å². The topological polar surface area (TPSA) is 82.4 Å². The number of carbonyl (C=O) groups is 1. The molecule has 0 saturated carbocycles. The predicted octanol–water partition coefficient (Wildman–Crippen LogP) is 4.34. The summed E-state index contributed by atoms with van der Waals surface area (Å²) in [6.07, 6.45) is 1.42. The minimum atomic E-state index is -0.788. The highest BCUT2D eigenvalue weighted by atomic mass is 32.1. The monoisotopic (exact) mass is 435 g/mol. The number of hydrogen-bond acceptors (Lipinski definition) is 6. The number of hydrogen-bond donors (Lipinski definition) is 1. The fourth-order valence-corrected chi connectivity index (χ4v) is 4.23. The molecule has 0 radical (unpaired) electrons. The maximum atomic E-state index is 13.3. The number of fused-ring (bicyclic) bond motifs is 1. The summed E-state index contributed by atoms with van der Waals surface area (Å²) in [7, 11) is 3.06. The van der Waals surface area contributed by atoms with E-state index in [9.17, 15) is 9.59 Å². The molecule has 0 saturated heterocycles.